The van der Waals surface area contributed by atoms with Gasteiger partial charge in [0, 0.05) is 25.7 Å². The summed E-state index contributed by atoms with van der Waals surface area (Å²) in [6, 6.07) is -0.395. The van der Waals surface area contributed by atoms with Crippen molar-refractivity contribution in [3.63, 3.8) is 0 Å². The maximum Gasteiger partial charge on any atom is 0.305 e. The monoisotopic (exact) mass is 257 g/mol. The molecule has 0 aromatic carbocycles. The molecule has 1 fully saturated rings. The zero-order valence-corrected chi connectivity index (χ0v) is 11.6. The van der Waals surface area contributed by atoms with Crippen molar-refractivity contribution in [2.45, 2.75) is 25.4 Å². The van der Waals surface area contributed by atoms with E-state index in [4.69, 9.17) is 5.11 Å². The van der Waals surface area contributed by atoms with E-state index >= 15 is 0 Å². The van der Waals surface area contributed by atoms with Gasteiger partial charge in [-0.15, -0.1) is 0 Å². The molecule has 0 spiro atoms. The third-order valence-corrected chi connectivity index (χ3v) is 3.34. The van der Waals surface area contributed by atoms with Gasteiger partial charge in [-0.2, -0.15) is 0 Å². The van der Waals surface area contributed by atoms with Crippen LogP contribution in [0.5, 0.6) is 0 Å². The Kier molecular flexibility index (Phi) is 5.10. The number of carbonyl (C=O) groups excluding carboxylic acids is 1. The number of amides is 1. The van der Waals surface area contributed by atoms with Crippen molar-refractivity contribution in [3.05, 3.63) is 0 Å². The number of hydrogen-bond acceptors (Lipinski definition) is 4. The van der Waals surface area contributed by atoms with Crippen molar-refractivity contribution in [1.82, 2.24) is 14.7 Å². The fraction of sp³-hybridized carbons (Fsp3) is 0.833. The molecule has 1 saturated heterocycles. The van der Waals surface area contributed by atoms with E-state index < -0.39 is 12.0 Å². The molecule has 1 N–H and O–H groups in total. The molecule has 2 atom stereocenters. The van der Waals surface area contributed by atoms with Gasteiger partial charge in [-0.3, -0.25) is 14.5 Å². The summed E-state index contributed by atoms with van der Waals surface area (Å²) in [4.78, 5) is 28.8. The van der Waals surface area contributed by atoms with E-state index in [2.05, 4.69) is 0 Å². The second-order valence-electron chi connectivity index (χ2n) is 5.24. The molecule has 0 aromatic heterocycles. The highest BCUT2D eigenvalue weighted by atomic mass is 16.4. The quantitative estimate of drug-likeness (QED) is 0.723. The lowest BCUT2D eigenvalue weighted by atomic mass is 10.0. The Hall–Kier alpha value is -1.14. The first-order chi connectivity index (χ1) is 8.32. The van der Waals surface area contributed by atoms with E-state index in [9.17, 15) is 9.59 Å². The number of carboxylic acid groups (broad SMARTS) is 1. The van der Waals surface area contributed by atoms with Crippen LogP contribution >= 0.6 is 0 Å². The normalized spacial score (nSPS) is 25.8. The van der Waals surface area contributed by atoms with Crippen LogP contribution in [0.3, 0.4) is 0 Å². The van der Waals surface area contributed by atoms with Gasteiger partial charge in [0.25, 0.3) is 0 Å². The molecule has 6 heteroatoms. The molecule has 1 amide bonds. The van der Waals surface area contributed by atoms with Gasteiger partial charge in [-0.25, -0.2) is 0 Å². The highest BCUT2D eigenvalue weighted by Crippen LogP contribution is 2.17. The van der Waals surface area contributed by atoms with E-state index in [-0.39, 0.29) is 18.4 Å². The molecule has 0 aliphatic carbocycles. The van der Waals surface area contributed by atoms with Gasteiger partial charge in [0.05, 0.1) is 12.5 Å². The second kappa shape index (κ2) is 6.15. The number of carbonyl (C=O) groups is 2. The molecule has 1 aliphatic rings. The molecular formula is C12H23N3O3. The smallest absolute Gasteiger partial charge is 0.305 e. The van der Waals surface area contributed by atoms with Crippen LogP contribution in [0.4, 0.5) is 0 Å². The van der Waals surface area contributed by atoms with Crippen LogP contribution in [-0.2, 0) is 9.59 Å². The standard InChI is InChI=1S/C12H23N3O3/c1-9-8-14(4)10(7-11(16)17)12(18)15(9)6-5-13(2)3/h9-10H,5-8H2,1-4H3,(H,16,17). The summed E-state index contributed by atoms with van der Waals surface area (Å²) in [6.07, 6.45) is -0.124. The number of piperazine rings is 1. The van der Waals surface area contributed by atoms with Gasteiger partial charge in [0.1, 0.15) is 0 Å². The van der Waals surface area contributed by atoms with Crippen molar-refractivity contribution in [2.75, 3.05) is 40.8 Å². The van der Waals surface area contributed by atoms with E-state index in [1.807, 2.05) is 37.9 Å². The molecule has 6 nitrogen and oxygen atoms in total. The highest BCUT2D eigenvalue weighted by molar-refractivity contribution is 5.87. The number of aliphatic carboxylic acids is 1. The van der Waals surface area contributed by atoms with E-state index in [1.54, 1.807) is 4.90 Å². The molecule has 1 aliphatic heterocycles. The summed E-state index contributed by atoms with van der Waals surface area (Å²) >= 11 is 0. The Morgan fingerprint density at radius 2 is 2.11 bits per heavy atom. The summed E-state index contributed by atoms with van der Waals surface area (Å²) in [5.74, 6) is -0.997. The Bertz CT molecular complexity index is 320. The summed E-state index contributed by atoms with van der Waals surface area (Å²) in [6.45, 7) is 4.16. The molecule has 18 heavy (non-hydrogen) atoms. The zero-order chi connectivity index (χ0) is 13.9. The predicted octanol–water partition coefficient (Wildman–Crippen LogP) is -0.446. The van der Waals surface area contributed by atoms with Gasteiger partial charge in [-0.05, 0) is 28.1 Å². The Morgan fingerprint density at radius 3 is 2.61 bits per heavy atom. The van der Waals surface area contributed by atoms with Crippen LogP contribution in [0.25, 0.3) is 0 Å². The molecule has 1 heterocycles. The minimum atomic E-state index is -0.928. The second-order valence-corrected chi connectivity index (χ2v) is 5.24. The average Bonchev–Trinajstić information content (AvgIpc) is 2.23. The summed E-state index contributed by atoms with van der Waals surface area (Å²) < 4.78 is 0. The van der Waals surface area contributed by atoms with Gasteiger partial charge in [0.2, 0.25) is 5.91 Å². The minimum absolute atomic E-state index is 0.0690. The first-order valence-electron chi connectivity index (χ1n) is 6.20. The molecular weight excluding hydrogens is 234 g/mol. The van der Waals surface area contributed by atoms with Crippen LogP contribution < -0.4 is 0 Å². The van der Waals surface area contributed by atoms with Crippen molar-refractivity contribution >= 4 is 11.9 Å². The largest absolute Gasteiger partial charge is 0.481 e. The van der Waals surface area contributed by atoms with Gasteiger partial charge < -0.3 is 14.9 Å². The van der Waals surface area contributed by atoms with E-state index in [0.717, 1.165) is 13.1 Å². The van der Waals surface area contributed by atoms with Crippen molar-refractivity contribution in [2.24, 2.45) is 0 Å². The van der Waals surface area contributed by atoms with Crippen molar-refractivity contribution < 1.29 is 14.7 Å². The average molecular weight is 257 g/mol. The summed E-state index contributed by atoms with van der Waals surface area (Å²) in [7, 11) is 5.73. The zero-order valence-electron chi connectivity index (χ0n) is 11.6. The third-order valence-electron chi connectivity index (χ3n) is 3.34. The maximum absolute atomic E-state index is 12.3. The molecule has 0 radical (unpaired) electrons. The van der Waals surface area contributed by atoms with E-state index in [0.29, 0.717) is 6.54 Å². The fourth-order valence-electron chi connectivity index (χ4n) is 2.29. The number of likely N-dealkylation sites (N-methyl/N-ethyl adjacent to an activating group) is 2. The predicted molar refractivity (Wildman–Crippen MR) is 68.4 cm³/mol. The van der Waals surface area contributed by atoms with Crippen LogP contribution in [0.1, 0.15) is 13.3 Å². The lowest BCUT2D eigenvalue weighted by molar-refractivity contribution is -0.151. The van der Waals surface area contributed by atoms with Gasteiger partial charge in [0.15, 0.2) is 0 Å². The third kappa shape index (κ3) is 3.68. The number of nitrogens with zero attached hydrogens (tertiary/aromatic N) is 3. The first kappa shape index (κ1) is 14.9. The molecule has 0 saturated carbocycles. The van der Waals surface area contributed by atoms with Crippen LogP contribution in [0.2, 0.25) is 0 Å². The summed E-state index contributed by atoms with van der Waals surface area (Å²) in [5, 5.41) is 8.87. The van der Waals surface area contributed by atoms with Crippen LogP contribution in [-0.4, -0.2) is 84.5 Å². The molecule has 0 bridgehead atoms. The first-order valence-corrected chi connectivity index (χ1v) is 6.20. The fourth-order valence-corrected chi connectivity index (χ4v) is 2.29. The Balaban J connectivity index is 2.71. The molecule has 0 aromatic rings. The Morgan fingerprint density at radius 1 is 1.50 bits per heavy atom. The van der Waals surface area contributed by atoms with Crippen LogP contribution in [0.15, 0.2) is 0 Å². The minimum Gasteiger partial charge on any atom is -0.481 e. The van der Waals surface area contributed by atoms with Gasteiger partial charge in [-0.1, -0.05) is 0 Å². The van der Waals surface area contributed by atoms with Crippen LogP contribution in [0, 0.1) is 0 Å². The number of rotatable bonds is 5. The number of carboxylic acids is 1. The molecule has 1 rings (SSSR count). The maximum atomic E-state index is 12.3. The molecule has 104 valence electrons. The van der Waals surface area contributed by atoms with E-state index in [1.165, 1.54) is 0 Å². The lowest BCUT2D eigenvalue weighted by Crippen LogP contribution is -2.60. The molecule has 2 unspecified atom stereocenters. The number of hydrogen-bond donors (Lipinski definition) is 1. The van der Waals surface area contributed by atoms with Crippen molar-refractivity contribution in [3.8, 4) is 0 Å². The summed E-state index contributed by atoms with van der Waals surface area (Å²) in [5.41, 5.74) is 0. The topological polar surface area (TPSA) is 64.1 Å². The van der Waals surface area contributed by atoms with Gasteiger partial charge >= 0.3 is 5.97 Å². The van der Waals surface area contributed by atoms with Crippen molar-refractivity contribution in [1.29, 1.82) is 0 Å². The highest BCUT2D eigenvalue weighted by Gasteiger charge is 2.37. The SMILES string of the molecule is CC1CN(C)C(CC(=O)O)C(=O)N1CCN(C)C. The lowest BCUT2D eigenvalue weighted by Gasteiger charge is -2.43. The Labute approximate surface area is 108 Å².